The zero-order valence-electron chi connectivity index (χ0n) is 13.7. The Hall–Kier alpha value is -1.96. The lowest BCUT2D eigenvalue weighted by molar-refractivity contribution is 0.521. The number of hydrogen-bond acceptors (Lipinski definition) is 3. The molecule has 0 amide bonds. The molecule has 0 saturated carbocycles. The van der Waals surface area contributed by atoms with Gasteiger partial charge in [-0.25, -0.2) is 12.7 Å². The van der Waals surface area contributed by atoms with E-state index in [0.29, 0.717) is 5.11 Å². The first-order valence-electron chi connectivity index (χ1n) is 7.51. The van der Waals surface area contributed by atoms with E-state index in [0.717, 1.165) is 18.7 Å². The van der Waals surface area contributed by atoms with Gasteiger partial charge in [0.05, 0.1) is 4.90 Å². The molecular formula is C17H21N3O2S2. The van der Waals surface area contributed by atoms with Crippen molar-refractivity contribution in [3.05, 3.63) is 60.2 Å². The van der Waals surface area contributed by atoms with E-state index in [1.165, 1.54) is 24.0 Å². The zero-order chi connectivity index (χ0) is 17.6. The molecule has 0 heterocycles. The molecule has 24 heavy (non-hydrogen) atoms. The van der Waals surface area contributed by atoms with Crippen LogP contribution in [0.25, 0.3) is 0 Å². The summed E-state index contributed by atoms with van der Waals surface area (Å²) in [6.45, 7) is 0.725. The second kappa shape index (κ2) is 8.23. The fourth-order valence-electron chi connectivity index (χ4n) is 2.06. The Bertz CT molecular complexity index is 773. The van der Waals surface area contributed by atoms with Gasteiger partial charge in [-0.05, 0) is 48.5 Å². The highest BCUT2D eigenvalue weighted by Crippen LogP contribution is 2.16. The van der Waals surface area contributed by atoms with Crippen molar-refractivity contribution in [3.8, 4) is 0 Å². The highest BCUT2D eigenvalue weighted by Gasteiger charge is 2.16. The molecular weight excluding hydrogens is 342 g/mol. The van der Waals surface area contributed by atoms with Crippen molar-refractivity contribution in [1.29, 1.82) is 0 Å². The number of nitrogens with zero attached hydrogens (tertiary/aromatic N) is 1. The molecule has 0 aromatic heterocycles. The van der Waals surface area contributed by atoms with Crippen molar-refractivity contribution in [1.82, 2.24) is 9.62 Å². The molecule has 0 aliphatic rings. The normalized spacial score (nSPS) is 11.3. The van der Waals surface area contributed by atoms with E-state index in [4.69, 9.17) is 12.2 Å². The lowest BCUT2D eigenvalue weighted by Crippen LogP contribution is -2.30. The Morgan fingerprint density at radius 3 is 2.25 bits per heavy atom. The minimum absolute atomic E-state index is 0.251. The minimum atomic E-state index is -3.41. The van der Waals surface area contributed by atoms with Crippen LogP contribution in [0, 0.1) is 0 Å². The standard InChI is InChI=1S/C17H21N3O2S2/c1-20(2)24(21,22)16-10-8-15(9-11-16)19-17(23)18-13-12-14-6-4-3-5-7-14/h3-11H,12-13H2,1-2H3,(H2,18,19,23). The van der Waals surface area contributed by atoms with Crippen molar-refractivity contribution in [2.24, 2.45) is 0 Å². The first-order chi connectivity index (χ1) is 11.4. The minimum Gasteiger partial charge on any atom is -0.362 e. The maximum Gasteiger partial charge on any atom is 0.242 e. The summed E-state index contributed by atoms with van der Waals surface area (Å²) in [5, 5.41) is 6.69. The van der Waals surface area contributed by atoms with Crippen LogP contribution in [0.4, 0.5) is 5.69 Å². The van der Waals surface area contributed by atoms with Gasteiger partial charge in [0, 0.05) is 26.3 Å². The van der Waals surface area contributed by atoms with E-state index < -0.39 is 10.0 Å². The van der Waals surface area contributed by atoms with Gasteiger partial charge in [0.2, 0.25) is 10.0 Å². The summed E-state index contributed by atoms with van der Waals surface area (Å²) in [5.74, 6) is 0. The monoisotopic (exact) mass is 363 g/mol. The summed E-state index contributed by atoms with van der Waals surface area (Å²) >= 11 is 5.25. The lowest BCUT2D eigenvalue weighted by Gasteiger charge is -2.13. The van der Waals surface area contributed by atoms with Crippen LogP contribution in [-0.4, -0.2) is 38.5 Å². The molecule has 2 rings (SSSR count). The van der Waals surface area contributed by atoms with Gasteiger partial charge in [-0.2, -0.15) is 0 Å². The van der Waals surface area contributed by atoms with E-state index in [2.05, 4.69) is 22.8 Å². The number of rotatable bonds is 6. The topological polar surface area (TPSA) is 61.4 Å². The van der Waals surface area contributed by atoms with Crippen molar-refractivity contribution in [2.75, 3.05) is 26.0 Å². The van der Waals surface area contributed by atoms with Gasteiger partial charge in [-0.1, -0.05) is 30.3 Å². The van der Waals surface area contributed by atoms with Crippen LogP contribution in [0.1, 0.15) is 5.56 Å². The summed E-state index contributed by atoms with van der Waals surface area (Å²) in [6, 6.07) is 16.7. The fourth-order valence-corrected chi connectivity index (χ4v) is 3.18. The first-order valence-corrected chi connectivity index (χ1v) is 9.36. The third kappa shape index (κ3) is 5.02. The molecule has 7 heteroatoms. The molecule has 0 radical (unpaired) electrons. The molecule has 0 unspecified atom stereocenters. The molecule has 0 saturated heterocycles. The Kier molecular flexibility index (Phi) is 6.30. The zero-order valence-corrected chi connectivity index (χ0v) is 15.3. The van der Waals surface area contributed by atoms with Gasteiger partial charge in [-0.3, -0.25) is 0 Å². The number of hydrogen-bond donors (Lipinski definition) is 2. The summed E-state index contributed by atoms with van der Waals surface area (Å²) in [6.07, 6.45) is 0.878. The molecule has 5 nitrogen and oxygen atoms in total. The number of sulfonamides is 1. The van der Waals surface area contributed by atoms with Gasteiger partial charge in [0.25, 0.3) is 0 Å². The molecule has 0 aliphatic heterocycles. The van der Waals surface area contributed by atoms with Crippen LogP contribution in [0.2, 0.25) is 0 Å². The third-order valence-corrected chi connectivity index (χ3v) is 5.51. The Morgan fingerprint density at radius 2 is 1.67 bits per heavy atom. The van der Waals surface area contributed by atoms with Crippen LogP contribution in [0.5, 0.6) is 0 Å². The Labute approximate surface area is 148 Å². The molecule has 2 aromatic carbocycles. The number of nitrogens with one attached hydrogen (secondary N) is 2. The van der Waals surface area contributed by atoms with E-state index >= 15 is 0 Å². The van der Waals surface area contributed by atoms with E-state index in [1.54, 1.807) is 24.3 Å². The summed E-state index contributed by atoms with van der Waals surface area (Å²) in [5.41, 5.74) is 1.98. The van der Waals surface area contributed by atoms with Crippen molar-refractivity contribution < 1.29 is 8.42 Å². The molecule has 0 bridgehead atoms. The maximum absolute atomic E-state index is 12.0. The van der Waals surface area contributed by atoms with Crippen LogP contribution < -0.4 is 10.6 Å². The van der Waals surface area contributed by atoms with Gasteiger partial charge in [-0.15, -0.1) is 0 Å². The van der Waals surface area contributed by atoms with Crippen LogP contribution in [0.3, 0.4) is 0 Å². The molecule has 2 N–H and O–H groups in total. The summed E-state index contributed by atoms with van der Waals surface area (Å²) in [4.78, 5) is 0.251. The molecule has 0 aliphatic carbocycles. The third-order valence-electron chi connectivity index (χ3n) is 3.43. The van der Waals surface area contributed by atoms with E-state index in [1.807, 2.05) is 18.2 Å². The molecule has 2 aromatic rings. The Morgan fingerprint density at radius 1 is 1.04 bits per heavy atom. The quantitative estimate of drug-likeness (QED) is 0.772. The van der Waals surface area contributed by atoms with E-state index in [-0.39, 0.29) is 4.90 Å². The molecule has 0 spiro atoms. The fraction of sp³-hybridized carbons (Fsp3) is 0.235. The molecule has 128 valence electrons. The van der Waals surface area contributed by atoms with Crippen molar-refractivity contribution in [2.45, 2.75) is 11.3 Å². The number of thiocarbonyl (C=S) groups is 1. The summed E-state index contributed by atoms with van der Waals surface area (Å²) < 4.78 is 25.2. The highest BCUT2D eigenvalue weighted by molar-refractivity contribution is 7.89. The van der Waals surface area contributed by atoms with E-state index in [9.17, 15) is 8.42 Å². The smallest absolute Gasteiger partial charge is 0.242 e. The average molecular weight is 364 g/mol. The van der Waals surface area contributed by atoms with Crippen molar-refractivity contribution >= 4 is 33.0 Å². The first kappa shape index (κ1) is 18.4. The van der Waals surface area contributed by atoms with Gasteiger partial charge >= 0.3 is 0 Å². The predicted octanol–water partition coefficient (Wildman–Crippen LogP) is 2.47. The lowest BCUT2D eigenvalue weighted by atomic mass is 10.1. The van der Waals surface area contributed by atoms with Crippen LogP contribution in [0.15, 0.2) is 59.5 Å². The van der Waals surface area contributed by atoms with Gasteiger partial charge in [0.15, 0.2) is 5.11 Å². The second-order valence-electron chi connectivity index (χ2n) is 5.43. The number of anilines is 1. The predicted molar refractivity (Wildman–Crippen MR) is 102 cm³/mol. The SMILES string of the molecule is CN(C)S(=O)(=O)c1ccc(NC(=S)NCCc2ccccc2)cc1. The van der Waals surface area contributed by atoms with Gasteiger partial charge in [0.1, 0.15) is 0 Å². The largest absolute Gasteiger partial charge is 0.362 e. The second-order valence-corrected chi connectivity index (χ2v) is 7.99. The van der Waals surface area contributed by atoms with Crippen molar-refractivity contribution in [3.63, 3.8) is 0 Å². The highest BCUT2D eigenvalue weighted by atomic mass is 32.2. The maximum atomic E-state index is 12.0. The average Bonchev–Trinajstić information content (AvgIpc) is 2.56. The Balaban J connectivity index is 1.86. The summed E-state index contributed by atoms with van der Waals surface area (Å²) in [7, 11) is -0.395. The van der Waals surface area contributed by atoms with Crippen LogP contribution in [-0.2, 0) is 16.4 Å². The van der Waals surface area contributed by atoms with Gasteiger partial charge < -0.3 is 10.6 Å². The van der Waals surface area contributed by atoms with Crippen LogP contribution >= 0.6 is 12.2 Å². The molecule has 0 fully saturated rings. The molecule has 0 atom stereocenters. The number of benzene rings is 2.